The largest absolute Gasteiger partial charge is 0.480 e. The van der Waals surface area contributed by atoms with Crippen LogP contribution in [0.1, 0.15) is 23.0 Å². The van der Waals surface area contributed by atoms with E-state index in [9.17, 15) is 14.7 Å². The lowest BCUT2D eigenvalue weighted by Gasteiger charge is -2.16. The fraction of sp³-hybridized carbons (Fsp3) is 0.400. The van der Waals surface area contributed by atoms with Gasteiger partial charge in [0.25, 0.3) is 5.91 Å². The molecule has 2 atom stereocenters. The second kappa shape index (κ2) is 4.80. The molecule has 1 amide bonds. The van der Waals surface area contributed by atoms with Gasteiger partial charge in [-0.05, 0) is 19.9 Å². The molecule has 0 saturated carbocycles. The number of nitrogens with one attached hydrogen (secondary N) is 1. The minimum atomic E-state index is -1.33. The molecule has 16 heavy (non-hydrogen) atoms. The molecule has 88 valence electrons. The van der Waals surface area contributed by atoms with E-state index in [0.717, 1.165) is 0 Å². The van der Waals surface area contributed by atoms with Gasteiger partial charge in [-0.3, -0.25) is 4.79 Å². The van der Waals surface area contributed by atoms with E-state index in [0.29, 0.717) is 5.76 Å². The molecule has 0 fully saturated rings. The molecule has 3 N–H and O–H groups in total. The van der Waals surface area contributed by atoms with Crippen LogP contribution >= 0.6 is 0 Å². The average Bonchev–Trinajstić information content (AvgIpc) is 2.59. The number of rotatable bonds is 4. The van der Waals surface area contributed by atoms with Crippen LogP contribution in [-0.2, 0) is 4.79 Å². The van der Waals surface area contributed by atoms with Crippen molar-refractivity contribution in [3.05, 3.63) is 23.7 Å². The third kappa shape index (κ3) is 2.60. The van der Waals surface area contributed by atoms with Crippen molar-refractivity contribution < 1.29 is 24.2 Å². The predicted molar refractivity (Wildman–Crippen MR) is 54.0 cm³/mol. The number of carbonyl (C=O) groups is 2. The van der Waals surface area contributed by atoms with Crippen molar-refractivity contribution in [1.82, 2.24) is 5.32 Å². The van der Waals surface area contributed by atoms with Crippen LogP contribution in [0.3, 0.4) is 0 Å². The number of hydrogen-bond donors (Lipinski definition) is 3. The highest BCUT2D eigenvalue weighted by atomic mass is 16.4. The summed E-state index contributed by atoms with van der Waals surface area (Å²) in [6.45, 7) is 2.88. The molecule has 0 radical (unpaired) electrons. The maximum Gasteiger partial charge on any atom is 0.328 e. The Hall–Kier alpha value is -1.82. The lowest BCUT2D eigenvalue weighted by molar-refractivity contribution is -0.141. The number of carboxylic acids is 1. The zero-order valence-electron chi connectivity index (χ0n) is 8.93. The van der Waals surface area contributed by atoms with E-state index in [1.165, 1.54) is 19.3 Å². The Morgan fingerprint density at radius 3 is 2.50 bits per heavy atom. The Morgan fingerprint density at radius 1 is 1.50 bits per heavy atom. The number of carbonyl (C=O) groups excluding carboxylic acids is 1. The summed E-state index contributed by atoms with van der Waals surface area (Å²) in [5.41, 5.74) is 0.256. The summed E-state index contributed by atoms with van der Waals surface area (Å²) in [6, 6.07) is 0.104. The summed E-state index contributed by atoms with van der Waals surface area (Å²) in [4.78, 5) is 22.3. The molecule has 0 bridgehead atoms. The van der Waals surface area contributed by atoms with E-state index in [4.69, 9.17) is 9.52 Å². The molecular weight excluding hydrogens is 214 g/mol. The predicted octanol–water partition coefficient (Wildman–Crippen LogP) is 0.152. The number of amides is 1. The molecule has 1 aromatic rings. The lowest BCUT2D eigenvalue weighted by atomic mass is 10.1. The van der Waals surface area contributed by atoms with Gasteiger partial charge in [0.1, 0.15) is 5.76 Å². The minimum Gasteiger partial charge on any atom is -0.480 e. The first-order valence-corrected chi connectivity index (χ1v) is 4.69. The molecule has 1 heterocycles. The summed E-state index contributed by atoms with van der Waals surface area (Å²) in [5, 5.41) is 20.2. The van der Waals surface area contributed by atoms with Gasteiger partial charge >= 0.3 is 5.97 Å². The van der Waals surface area contributed by atoms with Gasteiger partial charge in [-0.2, -0.15) is 0 Å². The summed E-state index contributed by atoms with van der Waals surface area (Å²) < 4.78 is 4.92. The molecule has 1 rings (SSSR count). The SMILES string of the molecule is Cc1occc1C(=O)NC(C(=O)O)C(C)O. The quantitative estimate of drug-likeness (QED) is 0.680. The first kappa shape index (κ1) is 12.3. The van der Waals surface area contributed by atoms with Gasteiger partial charge in [0.05, 0.1) is 17.9 Å². The van der Waals surface area contributed by atoms with Crippen molar-refractivity contribution in [2.75, 3.05) is 0 Å². The van der Waals surface area contributed by atoms with Crippen LogP contribution in [0.2, 0.25) is 0 Å². The van der Waals surface area contributed by atoms with Crippen LogP contribution in [0.15, 0.2) is 16.7 Å². The van der Waals surface area contributed by atoms with Crippen LogP contribution < -0.4 is 5.32 Å². The molecule has 6 heteroatoms. The number of aryl methyl sites for hydroxylation is 1. The zero-order valence-corrected chi connectivity index (χ0v) is 8.93. The molecule has 2 unspecified atom stereocenters. The molecule has 6 nitrogen and oxygen atoms in total. The van der Waals surface area contributed by atoms with Crippen molar-refractivity contribution in [3.8, 4) is 0 Å². The van der Waals surface area contributed by atoms with E-state index in [1.54, 1.807) is 6.92 Å². The number of hydrogen-bond acceptors (Lipinski definition) is 4. The monoisotopic (exact) mass is 227 g/mol. The summed E-state index contributed by atoms with van der Waals surface area (Å²) in [6.07, 6.45) is 0.163. The van der Waals surface area contributed by atoms with Crippen LogP contribution in [0.5, 0.6) is 0 Å². The van der Waals surface area contributed by atoms with E-state index in [1.807, 2.05) is 0 Å². The maximum absolute atomic E-state index is 11.6. The average molecular weight is 227 g/mol. The highest BCUT2D eigenvalue weighted by molar-refractivity contribution is 5.97. The number of carboxylic acid groups (broad SMARTS) is 1. The van der Waals surface area contributed by atoms with Gasteiger partial charge < -0.3 is 19.9 Å². The van der Waals surface area contributed by atoms with Crippen molar-refractivity contribution >= 4 is 11.9 Å². The summed E-state index contributed by atoms with van der Waals surface area (Å²) in [7, 11) is 0. The van der Waals surface area contributed by atoms with Gasteiger partial charge in [0.15, 0.2) is 6.04 Å². The van der Waals surface area contributed by atoms with Gasteiger partial charge in [-0.15, -0.1) is 0 Å². The van der Waals surface area contributed by atoms with Crippen molar-refractivity contribution in [3.63, 3.8) is 0 Å². The van der Waals surface area contributed by atoms with E-state index >= 15 is 0 Å². The molecule has 0 aliphatic carbocycles. The highest BCUT2D eigenvalue weighted by Gasteiger charge is 2.26. The molecule has 0 aliphatic heterocycles. The van der Waals surface area contributed by atoms with E-state index in [-0.39, 0.29) is 5.56 Å². The van der Waals surface area contributed by atoms with Gasteiger partial charge in [0, 0.05) is 0 Å². The minimum absolute atomic E-state index is 0.256. The molecule has 0 spiro atoms. The van der Waals surface area contributed by atoms with Crippen molar-refractivity contribution in [2.45, 2.75) is 26.0 Å². The summed E-state index contributed by atoms with van der Waals surface area (Å²) >= 11 is 0. The molecule has 0 aromatic carbocycles. The van der Waals surface area contributed by atoms with Gasteiger partial charge in [-0.25, -0.2) is 4.79 Å². The zero-order chi connectivity index (χ0) is 12.3. The third-order valence-electron chi connectivity index (χ3n) is 2.14. The standard InChI is InChI=1S/C10H13NO5/c1-5(12)8(10(14)15)11-9(13)7-3-4-16-6(7)2/h3-5,8,12H,1-2H3,(H,11,13)(H,14,15). The molecule has 1 aromatic heterocycles. The van der Waals surface area contributed by atoms with Crippen molar-refractivity contribution in [1.29, 1.82) is 0 Å². The fourth-order valence-corrected chi connectivity index (χ4v) is 1.23. The number of furan rings is 1. The number of aliphatic carboxylic acids is 1. The third-order valence-corrected chi connectivity index (χ3v) is 2.14. The van der Waals surface area contributed by atoms with Gasteiger partial charge in [0.2, 0.25) is 0 Å². The lowest BCUT2D eigenvalue weighted by Crippen LogP contribution is -2.47. The van der Waals surface area contributed by atoms with E-state index in [2.05, 4.69) is 5.32 Å². The van der Waals surface area contributed by atoms with E-state index < -0.39 is 24.0 Å². The van der Waals surface area contributed by atoms with Crippen LogP contribution in [-0.4, -0.2) is 34.2 Å². The smallest absolute Gasteiger partial charge is 0.328 e. The Labute approximate surface area is 91.9 Å². The second-order valence-electron chi connectivity index (χ2n) is 3.42. The molecular formula is C10H13NO5. The molecule has 0 saturated heterocycles. The van der Waals surface area contributed by atoms with Crippen molar-refractivity contribution in [2.24, 2.45) is 0 Å². The molecule has 0 aliphatic rings. The first-order chi connectivity index (χ1) is 7.43. The Morgan fingerprint density at radius 2 is 2.12 bits per heavy atom. The Kier molecular flexibility index (Phi) is 3.68. The Balaban J connectivity index is 2.77. The number of aliphatic hydroxyl groups excluding tert-OH is 1. The normalized spacial score (nSPS) is 14.2. The Bertz CT molecular complexity index is 396. The topological polar surface area (TPSA) is 99.8 Å². The summed E-state index contributed by atoms with van der Waals surface area (Å²) in [5.74, 6) is -1.48. The second-order valence-corrected chi connectivity index (χ2v) is 3.42. The first-order valence-electron chi connectivity index (χ1n) is 4.69. The fourth-order valence-electron chi connectivity index (χ4n) is 1.23. The van der Waals surface area contributed by atoms with Crippen LogP contribution in [0.4, 0.5) is 0 Å². The highest BCUT2D eigenvalue weighted by Crippen LogP contribution is 2.09. The maximum atomic E-state index is 11.6. The van der Waals surface area contributed by atoms with Crippen LogP contribution in [0, 0.1) is 6.92 Å². The van der Waals surface area contributed by atoms with Crippen LogP contribution in [0.25, 0.3) is 0 Å². The number of aliphatic hydroxyl groups is 1. The van der Waals surface area contributed by atoms with Gasteiger partial charge in [-0.1, -0.05) is 0 Å².